The van der Waals surface area contributed by atoms with Gasteiger partial charge in [0.1, 0.15) is 4.92 Å². The van der Waals surface area contributed by atoms with Crippen molar-refractivity contribution >= 4 is 40.4 Å². The number of benzene rings is 2. The van der Waals surface area contributed by atoms with Gasteiger partial charge in [-0.2, -0.15) is 5.10 Å². The van der Waals surface area contributed by atoms with Crippen molar-refractivity contribution in [3.05, 3.63) is 81.6 Å². The van der Waals surface area contributed by atoms with Gasteiger partial charge >= 0.3 is 5.88 Å². The van der Waals surface area contributed by atoms with Gasteiger partial charge in [0, 0.05) is 16.0 Å². The average molecular weight is 394 g/mol. The summed E-state index contributed by atoms with van der Waals surface area (Å²) < 4.78 is 5.04. The maximum atomic E-state index is 10.7. The lowest BCUT2D eigenvalue weighted by Crippen LogP contribution is -1.99. The Morgan fingerprint density at radius 3 is 2.61 bits per heavy atom. The highest BCUT2D eigenvalue weighted by Crippen LogP contribution is 2.25. The zero-order chi connectivity index (χ0) is 19.5. The fourth-order valence-corrected chi connectivity index (χ4v) is 2.68. The van der Waals surface area contributed by atoms with Gasteiger partial charge in [0.25, 0.3) is 0 Å². The van der Waals surface area contributed by atoms with Crippen LogP contribution in [0.15, 0.2) is 70.2 Å². The van der Waals surface area contributed by atoms with Crippen LogP contribution in [-0.2, 0) is 0 Å². The highest BCUT2D eigenvalue weighted by Gasteiger charge is 2.11. The lowest BCUT2D eigenvalue weighted by Gasteiger charge is -2.08. The van der Waals surface area contributed by atoms with E-state index in [-0.39, 0.29) is 11.6 Å². The first kappa shape index (κ1) is 17.6. The minimum Gasteiger partial charge on any atom is -0.400 e. The van der Waals surface area contributed by atoms with Gasteiger partial charge in [-0.05, 0) is 42.5 Å². The molecule has 0 aliphatic rings. The lowest BCUT2D eigenvalue weighted by molar-refractivity contribution is -0.402. The van der Waals surface area contributed by atoms with Crippen LogP contribution in [0.3, 0.4) is 0 Å². The van der Waals surface area contributed by atoms with Crippen LogP contribution in [0.5, 0.6) is 0 Å². The summed E-state index contributed by atoms with van der Waals surface area (Å²) in [7, 11) is 0. The first-order valence-corrected chi connectivity index (χ1v) is 8.54. The number of para-hydroxylation sites is 1. The Morgan fingerprint density at radius 2 is 1.86 bits per heavy atom. The van der Waals surface area contributed by atoms with Crippen LogP contribution in [0.4, 0.5) is 11.7 Å². The molecule has 0 spiro atoms. The highest BCUT2D eigenvalue weighted by atomic mass is 35.5. The largest absolute Gasteiger partial charge is 0.433 e. The van der Waals surface area contributed by atoms with Crippen molar-refractivity contribution in [2.45, 2.75) is 0 Å². The number of nitrogens with zero attached hydrogens (tertiary/aromatic N) is 4. The third-order valence-electron chi connectivity index (χ3n) is 3.86. The lowest BCUT2D eigenvalue weighted by atomic mass is 10.2. The molecule has 0 saturated heterocycles. The van der Waals surface area contributed by atoms with Crippen molar-refractivity contribution in [2.75, 3.05) is 5.43 Å². The molecule has 2 aromatic carbocycles. The van der Waals surface area contributed by atoms with Crippen molar-refractivity contribution < 1.29 is 9.34 Å². The summed E-state index contributed by atoms with van der Waals surface area (Å²) in [6.07, 6.45) is 1.34. The van der Waals surface area contributed by atoms with Gasteiger partial charge in [0.05, 0.1) is 17.8 Å². The molecular formula is C19H12ClN5O3. The molecule has 0 bridgehead atoms. The summed E-state index contributed by atoms with van der Waals surface area (Å²) in [5, 5.41) is 16.2. The molecule has 0 aliphatic carbocycles. The number of furan rings is 1. The maximum Gasteiger partial charge on any atom is 0.433 e. The summed E-state index contributed by atoms with van der Waals surface area (Å²) in [6, 6.07) is 17.4. The Labute approximate surface area is 163 Å². The topological polar surface area (TPSA) is 106 Å². The first-order chi connectivity index (χ1) is 13.6. The van der Waals surface area contributed by atoms with Crippen molar-refractivity contribution in [2.24, 2.45) is 5.10 Å². The zero-order valence-corrected chi connectivity index (χ0v) is 15.0. The summed E-state index contributed by atoms with van der Waals surface area (Å²) in [5.41, 5.74) is 4.41. The minimum absolute atomic E-state index is 0.246. The van der Waals surface area contributed by atoms with Gasteiger partial charge in [-0.15, -0.1) is 0 Å². The van der Waals surface area contributed by atoms with Crippen LogP contribution in [0.2, 0.25) is 5.02 Å². The third-order valence-corrected chi connectivity index (χ3v) is 4.11. The summed E-state index contributed by atoms with van der Waals surface area (Å²) in [4.78, 5) is 19.2. The second-order valence-corrected chi connectivity index (χ2v) is 6.16. The number of nitro groups is 1. The number of hydrazone groups is 1. The highest BCUT2D eigenvalue weighted by molar-refractivity contribution is 6.30. The number of aromatic nitrogens is 2. The minimum atomic E-state index is -0.610. The molecule has 0 radical (unpaired) electrons. The molecule has 2 heterocycles. The Bertz CT molecular complexity index is 1190. The fourth-order valence-electron chi connectivity index (χ4n) is 2.56. The van der Waals surface area contributed by atoms with Crippen molar-refractivity contribution in [3.63, 3.8) is 0 Å². The van der Waals surface area contributed by atoms with Crippen molar-refractivity contribution in [3.8, 4) is 11.4 Å². The molecule has 4 rings (SSSR count). The molecule has 138 valence electrons. The van der Waals surface area contributed by atoms with E-state index in [1.807, 2.05) is 36.4 Å². The van der Waals surface area contributed by atoms with Gasteiger partial charge in [0.2, 0.25) is 0 Å². The summed E-state index contributed by atoms with van der Waals surface area (Å²) in [5.74, 6) is 0.906. The Balaban J connectivity index is 1.67. The SMILES string of the molecule is O=[N+]([O-])c1ccc(/C=N/Nc2nc(-c3ccc(Cl)cc3)nc3ccccc23)o1. The molecule has 28 heavy (non-hydrogen) atoms. The number of nitrogens with one attached hydrogen (secondary N) is 1. The molecule has 0 unspecified atom stereocenters. The Morgan fingerprint density at radius 1 is 1.07 bits per heavy atom. The molecule has 2 aromatic heterocycles. The molecule has 0 atom stereocenters. The number of hydrogen-bond donors (Lipinski definition) is 1. The number of rotatable bonds is 5. The molecule has 8 nitrogen and oxygen atoms in total. The van der Waals surface area contributed by atoms with Crippen LogP contribution >= 0.6 is 11.6 Å². The van der Waals surface area contributed by atoms with Crippen molar-refractivity contribution in [1.82, 2.24) is 9.97 Å². The van der Waals surface area contributed by atoms with E-state index < -0.39 is 4.92 Å². The van der Waals surface area contributed by atoms with Crippen LogP contribution in [0, 0.1) is 10.1 Å². The predicted octanol–water partition coefficient (Wildman–Crippen LogP) is 4.90. The van der Waals surface area contributed by atoms with Gasteiger partial charge in [-0.3, -0.25) is 15.5 Å². The van der Waals surface area contributed by atoms with E-state index in [0.717, 1.165) is 16.5 Å². The molecule has 0 saturated carbocycles. The standard InChI is InChI=1S/C19H12ClN5O3/c20-13-7-5-12(6-8-13)18-22-16-4-2-1-3-15(16)19(23-18)24-21-11-14-9-10-17(28-14)25(26)27/h1-11H,(H,22,23,24)/b21-11+. The second kappa shape index (κ2) is 7.45. The first-order valence-electron chi connectivity index (χ1n) is 8.16. The Kier molecular flexibility index (Phi) is 4.69. The molecule has 9 heteroatoms. The predicted molar refractivity (Wildman–Crippen MR) is 107 cm³/mol. The van der Waals surface area contributed by atoms with E-state index in [9.17, 15) is 10.1 Å². The van der Waals surface area contributed by atoms with Crippen LogP contribution in [0.1, 0.15) is 5.76 Å². The van der Waals surface area contributed by atoms with E-state index >= 15 is 0 Å². The summed E-state index contributed by atoms with van der Waals surface area (Å²) >= 11 is 5.95. The Hall–Kier alpha value is -3.78. The summed E-state index contributed by atoms with van der Waals surface area (Å²) in [6.45, 7) is 0. The van der Waals surface area contributed by atoms with Crippen LogP contribution < -0.4 is 5.43 Å². The van der Waals surface area contributed by atoms with E-state index in [0.29, 0.717) is 16.7 Å². The van der Waals surface area contributed by atoms with Crippen LogP contribution in [0.25, 0.3) is 22.3 Å². The number of halogens is 1. The maximum absolute atomic E-state index is 10.7. The van der Waals surface area contributed by atoms with Crippen molar-refractivity contribution in [1.29, 1.82) is 0 Å². The molecule has 0 aliphatic heterocycles. The second-order valence-electron chi connectivity index (χ2n) is 5.72. The van der Waals surface area contributed by atoms with E-state index in [2.05, 4.69) is 20.5 Å². The normalized spacial score (nSPS) is 11.2. The third kappa shape index (κ3) is 3.67. The molecule has 1 N–H and O–H groups in total. The number of hydrogen-bond acceptors (Lipinski definition) is 7. The van der Waals surface area contributed by atoms with Gasteiger partial charge < -0.3 is 4.42 Å². The zero-order valence-electron chi connectivity index (χ0n) is 14.2. The molecule has 0 fully saturated rings. The van der Waals surface area contributed by atoms with Gasteiger partial charge in [-0.1, -0.05) is 23.7 Å². The molecule has 4 aromatic rings. The average Bonchev–Trinajstić information content (AvgIpc) is 3.18. The van der Waals surface area contributed by atoms with E-state index in [1.165, 1.54) is 18.3 Å². The van der Waals surface area contributed by atoms with Gasteiger partial charge in [0.15, 0.2) is 17.4 Å². The fraction of sp³-hybridized carbons (Fsp3) is 0. The van der Waals surface area contributed by atoms with E-state index in [1.54, 1.807) is 12.1 Å². The molecule has 0 amide bonds. The quantitative estimate of drug-likeness (QED) is 0.293. The monoisotopic (exact) mass is 393 g/mol. The number of anilines is 1. The number of fused-ring (bicyclic) bond motifs is 1. The smallest absolute Gasteiger partial charge is 0.400 e. The van der Waals surface area contributed by atoms with Gasteiger partial charge in [-0.25, -0.2) is 9.97 Å². The molecular weight excluding hydrogens is 382 g/mol. The van der Waals surface area contributed by atoms with E-state index in [4.69, 9.17) is 16.0 Å². The van der Waals surface area contributed by atoms with Crippen LogP contribution in [-0.4, -0.2) is 21.1 Å².